The average Bonchev–Trinajstić information content (AvgIpc) is 3.42. The van der Waals surface area contributed by atoms with E-state index in [1.54, 1.807) is 24.3 Å². The number of nitrogens with zero attached hydrogens (tertiary/aromatic N) is 5. The minimum absolute atomic E-state index is 0.0366. The van der Waals surface area contributed by atoms with E-state index in [1.807, 2.05) is 25.3 Å². The van der Waals surface area contributed by atoms with Crippen molar-refractivity contribution in [2.24, 2.45) is 0 Å². The highest BCUT2D eigenvalue weighted by Gasteiger charge is 2.12. The third-order valence-corrected chi connectivity index (χ3v) is 6.35. The number of thiazole rings is 1. The highest BCUT2D eigenvalue weighted by molar-refractivity contribution is 7.16. The van der Waals surface area contributed by atoms with Gasteiger partial charge in [-0.3, -0.25) is 14.9 Å². The predicted octanol–water partition coefficient (Wildman–Crippen LogP) is 3.60. The topological polar surface area (TPSA) is 122 Å². The number of carbonyl (C=O) groups is 1. The number of nitrogens with one attached hydrogen (secondary N) is 1. The van der Waals surface area contributed by atoms with Crippen molar-refractivity contribution >= 4 is 44.7 Å². The molecule has 3 heterocycles. The average molecular weight is 479 g/mol. The number of hydrogen-bond acceptors (Lipinski definition) is 9. The van der Waals surface area contributed by atoms with Crippen LogP contribution in [0, 0.1) is 18.3 Å². The molecular formula is C22H18N6O3S2. The number of hydrogen-bond donors (Lipinski definition) is 1. The van der Waals surface area contributed by atoms with Crippen molar-refractivity contribution in [1.29, 1.82) is 5.26 Å². The van der Waals surface area contributed by atoms with Gasteiger partial charge in [0.2, 0.25) is 4.96 Å². The van der Waals surface area contributed by atoms with E-state index in [0.717, 1.165) is 17.1 Å². The summed E-state index contributed by atoms with van der Waals surface area (Å²) in [4.78, 5) is 33.7. The standard InChI is InChI=1S/C22H18N6O3S2/c1-3-18-27-28-19(29)9-16(25-22(28)33-18)11-31-17-6-4-14(5-7-17)8-15(10-23)20(30)26-21-24-13(2)12-32-21/h4-9,12H,3,11H2,1-2H3,(H,24,26,30)/b15-8-. The second kappa shape index (κ2) is 9.72. The lowest BCUT2D eigenvalue weighted by Crippen LogP contribution is -2.16. The molecular weight excluding hydrogens is 460 g/mol. The monoisotopic (exact) mass is 478 g/mol. The van der Waals surface area contributed by atoms with Gasteiger partial charge in [-0.1, -0.05) is 30.4 Å². The molecule has 33 heavy (non-hydrogen) atoms. The Morgan fingerprint density at radius 3 is 2.76 bits per heavy atom. The number of anilines is 1. The Morgan fingerprint density at radius 2 is 2.09 bits per heavy atom. The van der Waals surface area contributed by atoms with E-state index in [-0.39, 0.29) is 17.7 Å². The molecule has 0 aliphatic carbocycles. The molecule has 1 N–H and O–H groups in total. The van der Waals surface area contributed by atoms with Crippen LogP contribution in [-0.2, 0) is 17.8 Å². The fourth-order valence-electron chi connectivity index (χ4n) is 2.82. The Morgan fingerprint density at radius 1 is 1.30 bits per heavy atom. The Bertz CT molecular complexity index is 1440. The maximum atomic E-state index is 12.3. The molecule has 0 unspecified atom stereocenters. The SMILES string of the molecule is CCc1nn2c(=O)cc(COc3ccc(/C=C(/C#N)C(=O)Nc4nc(C)cs4)cc3)nc2s1. The summed E-state index contributed by atoms with van der Waals surface area (Å²) in [7, 11) is 0. The Labute approximate surface area is 196 Å². The van der Waals surface area contributed by atoms with Crippen molar-refractivity contribution in [2.45, 2.75) is 26.9 Å². The van der Waals surface area contributed by atoms with E-state index in [4.69, 9.17) is 4.74 Å². The van der Waals surface area contributed by atoms with Gasteiger partial charge in [0.05, 0.1) is 11.4 Å². The van der Waals surface area contributed by atoms with Gasteiger partial charge in [-0.05, 0) is 37.1 Å². The molecule has 0 atom stereocenters. The van der Waals surface area contributed by atoms with Gasteiger partial charge in [0, 0.05) is 11.4 Å². The summed E-state index contributed by atoms with van der Waals surface area (Å²) in [6.45, 7) is 3.92. The Hall–Kier alpha value is -3.88. The zero-order chi connectivity index (χ0) is 23.4. The first-order valence-corrected chi connectivity index (χ1v) is 11.6. The number of fused-ring (bicyclic) bond motifs is 1. The zero-order valence-corrected chi connectivity index (χ0v) is 19.4. The molecule has 0 aliphatic heterocycles. The largest absolute Gasteiger partial charge is 0.487 e. The lowest BCUT2D eigenvalue weighted by molar-refractivity contribution is -0.112. The van der Waals surface area contributed by atoms with Gasteiger partial charge in [-0.15, -0.1) is 11.3 Å². The summed E-state index contributed by atoms with van der Waals surface area (Å²) >= 11 is 2.67. The Kier molecular flexibility index (Phi) is 6.58. The molecule has 166 valence electrons. The molecule has 9 nitrogen and oxygen atoms in total. The van der Waals surface area contributed by atoms with E-state index in [2.05, 4.69) is 20.4 Å². The lowest BCUT2D eigenvalue weighted by atomic mass is 10.1. The number of nitriles is 1. The van der Waals surface area contributed by atoms with Crippen molar-refractivity contribution in [3.05, 3.63) is 73.6 Å². The molecule has 0 aliphatic rings. The maximum Gasteiger partial charge on any atom is 0.275 e. The van der Waals surface area contributed by atoms with Crippen molar-refractivity contribution in [2.75, 3.05) is 5.32 Å². The molecule has 1 aromatic carbocycles. The van der Waals surface area contributed by atoms with Crippen molar-refractivity contribution < 1.29 is 9.53 Å². The summed E-state index contributed by atoms with van der Waals surface area (Å²) in [6.07, 6.45) is 2.23. The Balaban J connectivity index is 1.42. The van der Waals surface area contributed by atoms with E-state index >= 15 is 0 Å². The number of aryl methyl sites for hydroxylation is 2. The number of benzene rings is 1. The van der Waals surface area contributed by atoms with Crippen molar-refractivity contribution in [3.63, 3.8) is 0 Å². The van der Waals surface area contributed by atoms with Crippen LogP contribution in [0.4, 0.5) is 5.13 Å². The predicted molar refractivity (Wildman–Crippen MR) is 126 cm³/mol. The van der Waals surface area contributed by atoms with E-state index in [0.29, 0.717) is 27.1 Å². The second-order valence-corrected chi connectivity index (χ2v) is 8.80. The maximum absolute atomic E-state index is 12.3. The summed E-state index contributed by atoms with van der Waals surface area (Å²) in [6, 6.07) is 10.2. The van der Waals surface area contributed by atoms with Gasteiger partial charge in [0.25, 0.3) is 11.5 Å². The van der Waals surface area contributed by atoms with E-state index in [1.165, 1.54) is 39.3 Å². The second-order valence-electron chi connectivity index (χ2n) is 6.91. The van der Waals surface area contributed by atoms with Gasteiger partial charge in [-0.2, -0.15) is 14.9 Å². The fraction of sp³-hybridized carbons (Fsp3) is 0.182. The van der Waals surface area contributed by atoms with Crippen LogP contribution in [0.1, 0.15) is 28.9 Å². The molecule has 3 aromatic heterocycles. The van der Waals surface area contributed by atoms with Gasteiger partial charge < -0.3 is 4.74 Å². The quantitative estimate of drug-likeness (QED) is 0.318. The molecule has 1 amide bonds. The van der Waals surface area contributed by atoms with Crippen LogP contribution >= 0.6 is 22.7 Å². The molecule has 0 fully saturated rings. The normalized spacial score (nSPS) is 11.4. The number of aromatic nitrogens is 4. The van der Waals surface area contributed by atoms with E-state index in [9.17, 15) is 14.9 Å². The first-order chi connectivity index (χ1) is 15.9. The number of ether oxygens (including phenoxy) is 1. The summed E-state index contributed by atoms with van der Waals surface area (Å²) in [5.74, 6) is 0.0446. The highest BCUT2D eigenvalue weighted by Crippen LogP contribution is 2.19. The van der Waals surface area contributed by atoms with Crippen LogP contribution in [-0.4, -0.2) is 25.5 Å². The third-order valence-electron chi connectivity index (χ3n) is 4.42. The molecule has 0 saturated carbocycles. The molecule has 11 heteroatoms. The van der Waals surface area contributed by atoms with Crippen LogP contribution < -0.4 is 15.6 Å². The molecule has 4 aromatic rings. The van der Waals surface area contributed by atoms with Crippen LogP contribution in [0.5, 0.6) is 5.75 Å². The number of amides is 1. The summed E-state index contributed by atoms with van der Waals surface area (Å²) in [5.41, 5.74) is 1.69. The van der Waals surface area contributed by atoms with Crippen LogP contribution in [0.3, 0.4) is 0 Å². The van der Waals surface area contributed by atoms with Crippen molar-refractivity contribution in [3.8, 4) is 11.8 Å². The molecule has 4 rings (SSSR count). The van der Waals surface area contributed by atoms with Crippen molar-refractivity contribution in [1.82, 2.24) is 19.6 Å². The van der Waals surface area contributed by atoms with Crippen LogP contribution in [0.15, 0.2) is 46.1 Å². The highest BCUT2D eigenvalue weighted by atomic mass is 32.1. The molecule has 0 bridgehead atoms. The van der Waals surface area contributed by atoms with Gasteiger partial charge >= 0.3 is 0 Å². The number of rotatable bonds is 7. The first kappa shape index (κ1) is 22.3. The fourth-order valence-corrected chi connectivity index (χ4v) is 4.36. The molecule has 0 radical (unpaired) electrons. The minimum atomic E-state index is -0.519. The van der Waals surface area contributed by atoms with Gasteiger partial charge in [0.15, 0.2) is 5.13 Å². The zero-order valence-electron chi connectivity index (χ0n) is 17.7. The lowest BCUT2D eigenvalue weighted by Gasteiger charge is -2.06. The number of carbonyl (C=O) groups excluding carboxylic acids is 1. The minimum Gasteiger partial charge on any atom is -0.487 e. The molecule has 0 saturated heterocycles. The van der Waals surface area contributed by atoms with Gasteiger partial charge in [0.1, 0.15) is 29.0 Å². The van der Waals surface area contributed by atoms with Crippen LogP contribution in [0.25, 0.3) is 11.0 Å². The summed E-state index contributed by atoms with van der Waals surface area (Å²) in [5, 5.41) is 19.3. The van der Waals surface area contributed by atoms with Crippen LogP contribution in [0.2, 0.25) is 0 Å². The third kappa shape index (κ3) is 5.31. The van der Waals surface area contributed by atoms with E-state index < -0.39 is 5.91 Å². The molecule has 0 spiro atoms. The first-order valence-electron chi connectivity index (χ1n) is 9.92. The smallest absolute Gasteiger partial charge is 0.275 e. The van der Waals surface area contributed by atoms with Gasteiger partial charge in [-0.25, -0.2) is 9.97 Å². The summed E-state index contributed by atoms with van der Waals surface area (Å²) < 4.78 is 7.04.